The number of unbranched alkanes of at least 4 members (excludes halogenated alkanes) is 2. The summed E-state index contributed by atoms with van der Waals surface area (Å²) in [5.41, 5.74) is 7.63. The normalized spacial score (nSPS) is 12.2. The Morgan fingerprint density at radius 3 is 2.50 bits per heavy atom. The monoisotopic (exact) mass is 248 g/mol. The van der Waals surface area contributed by atoms with E-state index in [1.807, 2.05) is 19.1 Å². The van der Waals surface area contributed by atoms with E-state index in [1.165, 1.54) is 24.8 Å². The van der Waals surface area contributed by atoms with E-state index in [0.717, 1.165) is 12.1 Å². The molecule has 0 aliphatic rings. The highest BCUT2D eigenvalue weighted by Crippen LogP contribution is 2.13. The van der Waals surface area contributed by atoms with Crippen molar-refractivity contribution in [3.05, 3.63) is 29.8 Å². The molecule has 3 N–H and O–H groups in total. The summed E-state index contributed by atoms with van der Waals surface area (Å²) in [6.45, 7) is 4.41. The van der Waals surface area contributed by atoms with Gasteiger partial charge in [0.25, 0.3) is 0 Å². The molecule has 0 aromatic heterocycles. The van der Waals surface area contributed by atoms with E-state index >= 15 is 0 Å². The van der Waals surface area contributed by atoms with Crippen molar-refractivity contribution in [2.45, 2.75) is 39.5 Å². The average molecular weight is 248 g/mol. The van der Waals surface area contributed by atoms with E-state index in [9.17, 15) is 4.79 Å². The Bertz CT molecular complexity index is 359. The summed E-state index contributed by atoms with van der Waals surface area (Å²) in [5, 5.41) is 2.87. The minimum Gasteiger partial charge on any atom is -0.330 e. The first-order valence-corrected chi connectivity index (χ1v) is 6.77. The molecule has 1 amide bonds. The van der Waals surface area contributed by atoms with Gasteiger partial charge in [0, 0.05) is 18.2 Å². The second kappa shape index (κ2) is 7.88. The summed E-state index contributed by atoms with van der Waals surface area (Å²) < 4.78 is 0. The van der Waals surface area contributed by atoms with Gasteiger partial charge in [0.05, 0.1) is 0 Å². The number of amides is 1. The van der Waals surface area contributed by atoms with Gasteiger partial charge in [-0.15, -0.1) is 0 Å². The number of benzene rings is 1. The molecule has 0 spiro atoms. The van der Waals surface area contributed by atoms with Crippen LogP contribution in [0.3, 0.4) is 0 Å². The van der Waals surface area contributed by atoms with Crippen LogP contribution in [0.2, 0.25) is 0 Å². The zero-order valence-corrected chi connectivity index (χ0v) is 11.4. The maximum absolute atomic E-state index is 11.6. The minimum absolute atomic E-state index is 0.0174. The Morgan fingerprint density at radius 2 is 1.94 bits per heavy atom. The fourth-order valence-electron chi connectivity index (χ4n) is 1.71. The number of rotatable bonds is 7. The molecule has 1 rings (SSSR count). The lowest BCUT2D eigenvalue weighted by atomic mass is 10.1. The highest BCUT2D eigenvalue weighted by Gasteiger charge is 2.10. The van der Waals surface area contributed by atoms with Crippen LogP contribution in [0.25, 0.3) is 0 Å². The van der Waals surface area contributed by atoms with E-state index in [4.69, 9.17) is 5.73 Å². The van der Waals surface area contributed by atoms with Gasteiger partial charge in [0.2, 0.25) is 5.91 Å². The number of carbonyl (C=O) groups excluding carboxylic acids is 1. The fraction of sp³-hybridized carbons (Fsp3) is 0.533. The van der Waals surface area contributed by atoms with Crippen molar-refractivity contribution in [1.82, 2.24) is 0 Å². The van der Waals surface area contributed by atoms with E-state index in [1.54, 1.807) is 0 Å². The SMILES string of the molecule is CCCCCc1ccc(NC(=O)C(C)CN)cc1. The molecule has 0 saturated heterocycles. The van der Waals surface area contributed by atoms with Crippen molar-refractivity contribution in [3.8, 4) is 0 Å². The van der Waals surface area contributed by atoms with Gasteiger partial charge in [-0.2, -0.15) is 0 Å². The molecule has 1 aromatic rings. The summed E-state index contributed by atoms with van der Waals surface area (Å²) in [5.74, 6) is -0.162. The molecule has 1 aromatic carbocycles. The Labute approximate surface area is 110 Å². The smallest absolute Gasteiger partial charge is 0.228 e. The average Bonchev–Trinajstić information content (AvgIpc) is 2.40. The Kier molecular flexibility index (Phi) is 6.44. The van der Waals surface area contributed by atoms with Crippen LogP contribution in [0.15, 0.2) is 24.3 Å². The molecule has 100 valence electrons. The molecule has 0 bridgehead atoms. The molecular formula is C15H24N2O. The van der Waals surface area contributed by atoms with Crippen molar-refractivity contribution in [1.29, 1.82) is 0 Å². The summed E-state index contributed by atoms with van der Waals surface area (Å²) in [7, 11) is 0. The first kappa shape index (κ1) is 14.7. The predicted octanol–water partition coefficient (Wildman–Crippen LogP) is 2.95. The first-order valence-electron chi connectivity index (χ1n) is 6.77. The van der Waals surface area contributed by atoms with E-state index in [0.29, 0.717) is 6.54 Å². The van der Waals surface area contributed by atoms with Crippen molar-refractivity contribution in [3.63, 3.8) is 0 Å². The van der Waals surface area contributed by atoms with E-state index < -0.39 is 0 Å². The third-order valence-corrected chi connectivity index (χ3v) is 3.09. The van der Waals surface area contributed by atoms with Crippen LogP contribution in [0.5, 0.6) is 0 Å². The predicted molar refractivity (Wildman–Crippen MR) is 76.5 cm³/mol. The lowest BCUT2D eigenvalue weighted by Gasteiger charge is -2.10. The van der Waals surface area contributed by atoms with Gasteiger partial charge >= 0.3 is 0 Å². The van der Waals surface area contributed by atoms with Gasteiger partial charge in [-0.3, -0.25) is 4.79 Å². The quantitative estimate of drug-likeness (QED) is 0.729. The topological polar surface area (TPSA) is 55.1 Å². The molecule has 1 unspecified atom stereocenters. The fourth-order valence-corrected chi connectivity index (χ4v) is 1.71. The Morgan fingerprint density at radius 1 is 1.28 bits per heavy atom. The molecule has 3 nitrogen and oxygen atoms in total. The van der Waals surface area contributed by atoms with Crippen molar-refractivity contribution in [2.75, 3.05) is 11.9 Å². The molecule has 0 aliphatic carbocycles. The third kappa shape index (κ3) is 4.88. The number of hydrogen-bond donors (Lipinski definition) is 2. The summed E-state index contributed by atoms with van der Waals surface area (Å²) in [6.07, 6.45) is 4.85. The largest absolute Gasteiger partial charge is 0.330 e. The van der Waals surface area contributed by atoms with E-state index in [-0.39, 0.29) is 11.8 Å². The van der Waals surface area contributed by atoms with Crippen LogP contribution in [-0.4, -0.2) is 12.5 Å². The van der Waals surface area contributed by atoms with Gasteiger partial charge in [0.1, 0.15) is 0 Å². The van der Waals surface area contributed by atoms with Crippen molar-refractivity contribution < 1.29 is 4.79 Å². The number of hydrogen-bond acceptors (Lipinski definition) is 2. The molecule has 3 heteroatoms. The van der Waals surface area contributed by atoms with Crippen LogP contribution in [0, 0.1) is 5.92 Å². The molecule has 1 atom stereocenters. The Balaban J connectivity index is 2.47. The van der Waals surface area contributed by atoms with E-state index in [2.05, 4.69) is 24.4 Å². The highest BCUT2D eigenvalue weighted by molar-refractivity contribution is 5.92. The number of nitrogens with two attached hydrogens (primary N) is 1. The molecule has 0 fully saturated rings. The van der Waals surface area contributed by atoms with Crippen LogP contribution in [-0.2, 0) is 11.2 Å². The second-order valence-electron chi connectivity index (χ2n) is 4.78. The van der Waals surface area contributed by atoms with Gasteiger partial charge in [-0.1, -0.05) is 38.8 Å². The molecule has 0 saturated carbocycles. The summed E-state index contributed by atoms with van der Waals surface area (Å²) in [4.78, 5) is 11.6. The standard InChI is InChI=1S/C15H24N2O/c1-3-4-5-6-13-7-9-14(10-8-13)17-15(18)12(2)11-16/h7-10,12H,3-6,11,16H2,1-2H3,(H,17,18). The number of anilines is 1. The number of nitrogens with one attached hydrogen (secondary N) is 1. The number of aryl methyl sites for hydroxylation is 1. The molecular weight excluding hydrogens is 224 g/mol. The third-order valence-electron chi connectivity index (χ3n) is 3.09. The molecule has 0 radical (unpaired) electrons. The zero-order valence-electron chi connectivity index (χ0n) is 11.4. The number of carbonyl (C=O) groups is 1. The van der Waals surface area contributed by atoms with Crippen LogP contribution in [0.4, 0.5) is 5.69 Å². The van der Waals surface area contributed by atoms with Gasteiger partial charge < -0.3 is 11.1 Å². The van der Waals surface area contributed by atoms with Crippen LogP contribution in [0.1, 0.15) is 38.7 Å². The van der Waals surface area contributed by atoms with Crippen molar-refractivity contribution >= 4 is 11.6 Å². The van der Waals surface area contributed by atoms with Crippen LogP contribution < -0.4 is 11.1 Å². The van der Waals surface area contributed by atoms with Gasteiger partial charge in [-0.05, 0) is 30.5 Å². The lowest BCUT2D eigenvalue weighted by Crippen LogP contribution is -2.26. The molecule has 0 heterocycles. The Hall–Kier alpha value is -1.35. The van der Waals surface area contributed by atoms with Gasteiger partial charge in [-0.25, -0.2) is 0 Å². The van der Waals surface area contributed by atoms with Crippen LogP contribution >= 0.6 is 0 Å². The second-order valence-corrected chi connectivity index (χ2v) is 4.78. The highest BCUT2D eigenvalue weighted by atomic mass is 16.1. The summed E-state index contributed by atoms with van der Waals surface area (Å²) >= 11 is 0. The maximum atomic E-state index is 11.6. The molecule has 18 heavy (non-hydrogen) atoms. The zero-order chi connectivity index (χ0) is 13.4. The summed E-state index contributed by atoms with van der Waals surface area (Å²) in [6, 6.07) is 8.08. The minimum atomic E-state index is -0.144. The lowest BCUT2D eigenvalue weighted by molar-refractivity contribution is -0.119. The maximum Gasteiger partial charge on any atom is 0.228 e. The van der Waals surface area contributed by atoms with Gasteiger partial charge in [0.15, 0.2) is 0 Å². The molecule has 0 aliphatic heterocycles. The van der Waals surface area contributed by atoms with Crippen molar-refractivity contribution in [2.24, 2.45) is 11.7 Å². The first-order chi connectivity index (χ1) is 8.67.